The van der Waals surface area contributed by atoms with Gasteiger partial charge in [0.25, 0.3) is 0 Å². The highest BCUT2D eigenvalue weighted by molar-refractivity contribution is 6.00. The van der Waals surface area contributed by atoms with E-state index in [4.69, 9.17) is 9.97 Å². The molecule has 0 aliphatic carbocycles. The van der Waals surface area contributed by atoms with Crippen LogP contribution in [0.3, 0.4) is 0 Å². The summed E-state index contributed by atoms with van der Waals surface area (Å²) in [6, 6.07) is 25.6. The van der Waals surface area contributed by atoms with Gasteiger partial charge in [0.05, 0.1) is 28.3 Å². The number of H-pyrrole nitrogens is 2. The number of nitrogens with one attached hydrogen (secondary N) is 2. The van der Waals surface area contributed by atoms with Crippen LogP contribution in [0.4, 0.5) is 0 Å². The van der Waals surface area contributed by atoms with E-state index in [-0.39, 0.29) is 5.75 Å². The zero-order valence-electron chi connectivity index (χ0n) is 22.9. The summed E-state index contributed by atoms with van der Waals surface area (Å²) >= 11 is 0. The Bertz CT molecular complexity index is 2230. The largest absolute Gasteiger partial charge is 0.508 e. The Labute approximate surface area is 246 Å². The van der Waals surface area contributed by atoms with Crippen molar-refractivity contribution in [1.29, 1.82) is 0 Å². The molecule has 0 saturated heterocycles. The summed E-state index contributed by atoms with van der Waals surface area (Å²) in [6.07, 6.45) is 15.3. The molecule has 3 N–H and O–H groups in total. The third kappa shape index (κ3) is 4.59. The third-order valence-electron chi connectivity index (χ3n) is 7.62. The first-order valence-electron chi connectivity index (χ1n) is 13.9. The quantitative estimate of drug-likeness (QED) is 0.204. The Hall–Kier alpha value is -6.08. The van der Waals surface area contributed by atoms with Crippen molar-refractivity contribution in [1.82, 2.24) is 29.9 Å². The number of fused-ring (bicyclic) bond motifs is 8. The van der Waals surface area contributed by atoms with Crippen molar-refractivity contribution in [2.75, 3.05) is 0 Å². The van der Waals surface area contributed by atoms with Gasteiger partial charge in [0.1, 0.15) is 5.75 Å². The molecule has 7 nitrogen and oxygen atoms in total. The average Bonchev–Trinajstić information content (AvgIpc) is 3.85. The molecule has 7 heteroatoms. The van der Waals surface area contributed by atoms with Gasteiger partial charge in [0.2, 0.25) is 0 Å². The van der Waals surface area contributed by atoms with E-state index in [2.05, 4.69) is 50.3 Å². The van der Waals surface area contributed by atoms with Crippen LogP contribution in [0, 0.1) is 0 Å². The first kappa shape index (κ1) is 24.7. The Morgan fingerprint density at radius 1 is 0.512 bits per heavy atom. The fraction of sp³-hybridized carbons (Fsp3) is 0. The van der Waals surface area contributed by atoms with Crippen LogP contribution < -0.4 is 0 Å². The van der Waals surface area contributed by atoms with Crippen molar-refractivity contribution >= 4 is 46.4 Å². The smallest absolute Gasteiger partial charge is 0.115 e. The predicted octanol–water partition coefficient (Wildman–Crippen LogP) is 8.15. The number of hydrogen-bond acceptors (Lipinski definition) is 5. The molecule has 0 unspecified atom stereocenters. The standard InChI is InChI=1S/C36H24N6O/c43-29-6-1-22(2-7-29)30-21-28-20-26-4-3-25(39-26)19-27-5-8-31(40-27)34(23-11-15-37-16-12-23)32-9-10-33(42-32)35(36(30)41-28)24-13-17-38-18-14-24/h1-21,40-41,43H. The SMILES string of the molecule is Oc1ccc(-c2cc3cc4nc(cc5ccc([nH]5)c(-c5ccncc5)c5nc(c(-c6ccncc6)c2[nH]3)C=C5)C=C4)cc1. The number of rotatable bonds is 3. The molecular weight excluding hydrogens is 532 g/mol. The first-order valence-corrected chi connectivity index (χ1v) is 13.9. The number of phenolic OH excluding ortho intramolecular Hbond substituents is 1. The molecule has 2 aliphatic rings. The highest BCUT2D eigenvalue weighted by Crippen LogP contribution is 2.38. The molecule has 0 amide bonds. The van der Waals surface area contributed by atoms with Gasteiger partial charge in [-0.25, -0.2) is 9.97 Å². The molecule has 7 heterocycles. The monoisotopic (exact) mass is 556 g/mol. The number of phenols is 1. The molecule has 0 fully saturated rings. The fourth-order valence-electron chi connectivity index (χ4n) is 5.67. The molecule has 0 radical (unpaired) electrons. The summed E-state index contributed by atoms with van der Waals surface area (Å²) in [5.74, 6) is 0.218. The summed E-state index contributed by atoms with van der Waals surface area (Å²) in [7, 11) is 0. The summed E-state index contributed by atoms with van der Waals surface area (Å²) in [5.41, 5.74) is 12.9. The molecule has 0 spiro atoms. The molecule has 1 aromatic carbocycles. The molecule has 8 rings (SSSR count). The molecule has 0 atom stereocenters. The van der Waals surface area contributed by atoms with E-state index in [1.165, 1.54) is 0 Å². The lowest BCUT2D eigenvalue weighted by Gasteiger charge is -2.07. The van der Waals surface area contributed by atoms with Crippen LogP contribution in [0.25, 0.3) is 79.8 Å². The molecule has 204 valence electrons. The van der Waals surface area contributed by atoms with Crippen LogP contribution in [0.2, 0.25) is 0 Å². The molecular formula is C36H24N6O. The fourth-order valence-corrected chi connectivity index (χ4v) is 5.67. The second-order valence-corrected chi connectivity index (χ2v) is 10.4. The number of pyridine rings is 2. The van der Waals surface area contributed by atoms with E-state index in [9.17, 15) is 5.11 Å². The minimum absolute atomic E-state index is 0.218. The second-order valence-electron chi connectivity index (χ2n) is 10.4. The van der Waals surface area contributed by atoms with Crippen LogP contribution in [-0.4, -0.2) is 35.0 Å². The van der Waals surface area contributed by atoms with Crippen LogP contribution in [-0.2, 0) is 0 Å². The van der Waals surface area contributed by atoms with Gasteiger partial charge in [-0.2, -0.15) is 0 Å². The first-order chi connectivity index (χ1) is 21.2. The van der Waals surface area contributed by atoms with Crippen LogP contribution in [0.1, 0.15) is 22.8 Å². The van der Waals surface area contributed by atoms with Crippen LogP contribution in [0.15, 0.2) is 104 Å². The summed E-state index contributed by atoms with van der Waals surface area (Å²) in [4.78, 5) is 25.9. The maximum absolute atomic E-state index is 10.0. The normalized spacial score (nSPS) is 12.1. The lowest BCUT2D eigenvalue weighted by molar-refractivity contribution is 0.475. The Morgan fingerprint density at radius 2 is 1.14 bits per heavy atom. The van der Waals surface area contributed by atoms with Gasteiger partial charge in [-0.15, -0.1) is 0 Å². The Kier molecular flexibility index (Phi) is 5.79. The number of nitrogens with zero attached hydrogens (tertiary/aromatic N) is 4. The third-order valence-corrected chi connectivity index (χ3v) is 7.62. The van der Waals surface area contributed by atoms with Gasteiger partial charge in [0.15, 0.2) is 0 Å². The summed E-state index contributed by atoms with van der Waals surface area (Å²) < 4.78 is 0. The molecule has 6 aromatic rings. The minimum atomic E-state index is 0.218. The van der Waals surface area contributed by atoms with Crippen molar-refractivity contribution in [3.63, 3.8) is 0 Å². The molecule has 8 bridgehead atoms. The van der Waals surface area contributed by atoms with Crippen molar-refractivity contribution in [2.24, 2.45) is 0 Å². The van der Waals surface area contributed by atoms with E-state index in [1.807, 2.05) is 60.7 Å². The minimum Gasteiger partial charge on any atom is -0.508 e. The molecule has 2 aliphatic heterocycles. The highest BCUT2D eigenvalue weighted by atomic mass is 16.3. The summed E-state index contributed by atoms with van der Waals surface area (Å²) in [6.45, 7) is 0. The topological polar surface area (TPSA) is 103 Å². The van der Waals surface area contributed by atoms with Gasteiger partial charge in [0, 0.05) is 58.0 Å². The highest BCUT2D eigenvalue weighted by Gasteiger charge is 2.17. The zero-order valence-corrected chi connectivity index (χ0v) is 22.9. The lowest BCUT2D eigenvalue weighted by Crippen LogP contribution is -1.89. The molecule has 5 aromatic heterocycles. The van der Waals surface area contributed by atoms with Crippen molar-refractivity contribution < 1.29 is 5.11 Å². The van der Waals surface area contributed by atoms with E-state index in [0.717, 1.165) is 78.2 Å². The average molecular weight is 557 g/mol. The van der Waals surface area contributed by atoms with Crippen molar-refractivity contribution in [3.8, 4) is 39.1 Å². The zero-order chi connectivity index (χ0) is 28.8. The second kappa shape index (κ2) is 10.1. The van der Waals surface area contributed by atoms with Gasteiger partial charge in [-0.1, -0.05) is 12.1 Å². The van der Waals surface area contributed by atoms with E-state index >= 15 is 0 Å². The van der Waals surface area contributed by atoms with Crippen molar-refractivity contribution in [2.45, 2.75) is 0 Å². The number of benzene rings is 1. The molecule has 43 heavy (non-hydrogen) atoms. The Balaban J connectivity index is 1.56. The van der Waals surface area contributed by atoms with Crippen molar-refractivity contribution in [3.05, 3.63) is 126 Å². The van der Waals surface area contributed by atoms with Gasteiger partial charge in [-0.3, -0.25) is 9.97 Å². The van der Waals surface area contributed by atoms with E-state index < -0.39 is 0 Å². The predicted molar refractivity (Wildman–Crippen MR) is 172 cm³/mol. The lowest BCUT2D eigenvalue weighted by atomic mass is 9.99. The number of hydrogen-bond donors (Lipinski definition) is 3. The number of aromatic hydroxyl groups is 1. The van der Waals surface area contributed by atoms with E-state index in [1.54, 1.807) is 36.9 Å². The maximum Gasteiger partial charge on any atom is 0.115 e. The maximum atomic E-state index is 10.0. The Morgan fingerprint density at radius 3 is 1.84 bits per heavy atom. The number of aromatic amines is 2. The van der Waals surface area contributed by atoms with E-state index in [0.29, 0.717) is 0 Å². The van der Waals surface area contributed by atoms with Crippen LogP contribution >= 0.6 is 0 Å². The summed E-state index contributed by atoms with van der Waals surface area (Å²) in [5, 5.41) is 10.0. The van der Waals surface area contributed by atoms with Gasteiger partial charge >= 0.3 is 0 Å². The number of aromatic nitrogens is 6. The van der Waals surface area contributed by atoms with Gasteiger partial charge < -0.3 is 15.1 Å². The van der Waals surface area contributed by atoms with Crippen LogP contribution in [0.5, 0.6) is 5.75 Å². The molecule has 0 saturated carbocycles. The van der Waals surface area contributed by atoms with Gasteiger partial charge in [-0.05, 0) is 108 Å².